The van der Waals surface area contributed by atoms with Gasteiger partial charge in [-0.15, -0.1) is 0 Å². The van der Waals surface area contributed by atoms with E-state index in [4.69, 9.17) is 5.26 Å². The summed E-state index contributed by atoms with van der Waals surface area (Å²) < 4.78 is 0. The van der Waals surface area contributed by atoms with E-state index in [-0.39, 0.29) is 6.04 Å². The summed E-state index contributed by atoms with van der Waals surface area (Å²) in [5, 5.41) is 17.8. The fourth-order valence-electron chi connectivity index (χ4n) is 3.30. The van der Waals surface area contributed by atoms with Crippen LogP contribution in [0.1, 0.15) is 38.5 Å². The Morgan fingerprint density at radius 2 is 2.19 bits per heavy atom. The van der Waals surface area contributed by atoms with E-state index < -0.39 is 5.97 Å². The first-order valence-electron chi connectivity index (χ1n) is 6.09. The topological polar surface area (TPSA) is 64.3 Å². The summed E-state index contributed by atoms with van der Waals surface area (Å²) in [5.74, 6) is -0.166. The predicted octanol–water partition coefficient (Wildman–Crippen LogP) is 1.62. The fourth-order valence-corrected chi connectivity index (χ4v) is 3.30. The summed E-state index contributed by atoms with van der Waals surface area (Å²) in [7, 11) is 0. The van der Waals surface area contributed by atoms with Gasteiger partial charge in [0.1, 0.15) is 6.04 Å². The first kappa shape index (κ1) is 11.4. The van der Waals surface area contributed by atoms with E-state index in [1.165, 1.54) is 12.8 Å². The highest BCUT2D eigenvalue weighted by Gasteiger charge is 2.44. The molecule has 2 aliphatic rings. The van der Waals surface area contributed by atoms with Crippen LogP contribution in [0.3, 0.4) is 0 Å². The molecule has 0 aromatic heterocycles. The van der Waals surface area contributed by atoms with Gasteiger partial charge in [-0.25, -0.2) is 0 Å². The number of nitriles is 1. The Hall–Kier alpha value is -1.08. The molecule has 1 saturated carbocycles. The zero-order chi connectivity index (χ0) is 11.5. The van der Waals surface area contributed by atoms with Gasteiger partial charge < -0.3 is 5.11 Å². The molecule has 0 radical (unpaired) electrons. The van der Waals surface area contributed by atoms with Crippen molar-refractivity contribution >= 4 is 5.97 Å². The molecule has 2 fully saturated rings. The van der Waals surface area contributed by atoms with Crippen molar-refractivity contribution in [3.63, 3.8) is 0 Å². The third-order valence-corrected chi connectivity index (χ3v) is 3.99. The zero-order valence-electron chi connectivity index (χ0n) is 9.43. The average molecular weight is 222 g/mol. The van der Waals surface area contributed by atoms with Crippen LogP contribution in [0, 0.1) is 17.2 Å². The highest BCUT2D eigenvalue weighted by molar-refractivity contribution is 5.74. The molecule has 4 heteroatoms. The summed E-state index contributed by atoms with van der Waals surface area (Å²) in [4.78, 5) is 13.3. The molecule has 0 spiro atoms. The molecule has 3 unspecified atom stereocenters. The van der Waals surface area contributed by atoms with Crippen molar-refractivity contribution in [2.24, 2.45) is 5.92 Å². The number of hydrogen-bond acceptors (Lipinski definition) is 3. The van der Waals surface area contributed by atoms with E-state index in [0.29, 0.717) is 24.9 Å². The van der Waals surface area contributed by atoms with Crippen LogP contribution >= 0.6 is 0 Å². The lowest BCUT2D eigenvalue weighted by molar-refractivity contribution is -0.142. The highest BCUT2D eigenvalue weighted by Crippen LogP contribution is 2.39. The maximum absolute atomic E-state index is 11.2. The third kappa shape index (κ3) is 2.05. The smallest absolute Gasteiger partial charge is 0.320 e. The number of carboxylic acid groups (broad SMARTS) is 1. The van der Waals surface area contributed by atoms with Crippen molar-refractivity contribution in [1.82, 2.24) is 4.90 Å². The second kappa shape index (κ2) is 4.84. The molecule has 0 bridgehead atoms. The standard InChI is InChI=1S/C12H18N2O2/c13-6-3-7-14-10-5-2-1-4-9(10)8-11(14)12(15)16/h9-11H,1-5,7-8H2,(H,15,16). The van der Waals surface area contributed by atoms with Crippen molar-refractivity contribution in [3.05, 3.63) is 0 Å². The molecule has 1 aliphatic heterocycles. The Morgan fingerprint density at radius 3 is 2.88 bits per heavy atom. The average Bonchev–Trinajstić information content (AvgIpc) is 2.65. The molecule has 0 aromatic carbocycles. The SMILES string of the molecule is N#CCCN1C(C(=O)O)CC2CCCCC21. The van der Waals surface area contributed by atoms with Gasteiger partial charge >= 0.3 is 5.97 Å². The molecular weight excluding hydrogens is 204 g/mol. The summed E-state index contributed by atoms with van der Waals surface area (Å²) in [6.07, 6.45) is 5.94. The van der Waals surface area contributed by atoms with E-state index in [0.717, 1.165) is 19.3 Å². The fraction of sp³-hybridized carbons (Fsp3) is 0.833. The lowest BCUT2D eigenvalue weighted by Gasteiger charge is -2.32. The van der Waals surface area contributed by atoms with Gasteiger partial charge in [0.2, 0.25) is 0 Å². The molecule has 1 heterocycles. The zero-order valence-corrected chi connectivity index (χ0v) is 9.43. The summed E-state index contributed by atoms with van der Waals surface area (Å²) in [6, 6.07) is 2.19. The number of likely N-dealkylation sites (tertiary alicyclic amines) is 1. The van der Waals surface area contributed by atoms with Crippen LogP contribution in [0.15, 0.2) is 0 Å². The monoisotopic (exact) mass is 222 g/mol. The van der Waals surface area contributed by atoms with Crippen LogP contribution in [-0.4, -0.2) is 34.6 Å². The lowest BCUT2D eigenvalue weighted by atomic mass is 9.85. The summed E-state index contributed by atoms with van der Waals surface area (Å²) in [5.41, 5.74) is 0. The van der Waals surface area contributed by atoms with Gasteiger partial charge in [0.05, 0.1) is 6.07 Å². The molecule has 88 valence electrons. The number of carbonyl (C=O) groups is 1. The van der Waals surface area contributed by atoms with E-state index in [1.54, 1.807) is 0 Å². The first-order valence-corrected chi connectivity index (χ1v) is 6.09. The maximum Gasteiger partial charge on any atom is 0.320 e. The minimum absolute atomic E-state index is 0.346. The van der Waals surface area contributed by atoms with Crippen LogP contribution in [0.5, 0.6) is 0 Å². The van der Waals surface area contributed by atoms with E-state index in [9.17, 15) is 9.90 Å². The van der Waals surface area contributed by atoms with Crippen molar-refractivity contribution in [2.45, 2.75) is 50.6 Å². The van der Waals surface area contributed by atoms with Crippen molar-refractivity contribution < 1.29 is 9.90 Å². The molecule has 1 saturated heterocycles. The number of fused-ring (bicyclic) bond motifs is 1. The van der Waals surface area contributed by atoms with Gasteiger partial charge in [0.15, 0.2) is 0 Å². The number of hydrogen-bond donors (Lipinski definition) is 1. The minimum atomic E-state index is -0.715. The summed E-state index contributed by atoms with van der Waals surface area (Å²) >= 11 is 0. The Balaban J connectivity index is 2.08. The van der Waals surface area contributed by atoms with Crippen LogP contribution < -0.4 is 0 Å². The molecule has 4 nitrogen and oxygen atoms in total. The third-order valence-electron chi connectivity index (χ3n) is 3.99. The second-order valence-electron chi connectivity index (χ2n) is 4.85. The van der Waals surface area contributed by atoms with Crippen molar-refractivity contribution in [1.29, 1.82) is 5.26 Å². The van der Waals surface area contributed by atoms with Crippen molar-refractivity contribution in [3.8, 4) is 6.07 Å². The molecular formula is C12H18N2O2. The predicted molar refractivity (Wildman–Crippen MR) is 58.7 cm³/mol. The Bertz CT molecular complexity index is 311. The largest absolute Gasteiger partial charge is 0.480 e. The molecule has 2 rings (SSSR count). The number of nitrogens with zero attached hydrogens (tertiary/aromatic N) is 2. The number of rotatable bonds is 3. The van der Waals surface area contributed by atoms with E-state index in [2.05, 4.69) is 11.0 Å². The van der Waals surface area contributed by atoms with Gasteiger partial charge in [-0.05, 0) is 25.2 Å². The second-order valence-corrected chi connectivity index (χ2v) is 4.85. The Labute approximate surface area is 95.9 Å². The molecule has 1 aliphatic carbocycles. The van der Waals surface area contributed by atoms with E-state index >= 15 is 0 Å². The highest BCUT2D eigenvalue weighted by atomic mass is 16.4. The van der Waals surface area contributed by atoms with Crippen LogP contribution in [0.4, 0.5) is 0 Å². The molecule has 3 atom stereocenters. The molecule has 16 heavy (non-hydrogen) atoms. The maximum atomic E-state index is 11.2. The summed E-state index contributed by atoms with van der Waals surface area (Å²) in [6.45, 7) is 0.620. The van der Waals surface area contributed by atoms with Crippen LogP contribution in [0.2, 0.25) is 0 Å². The molecule has 0 amide bonds. The lowest BCUT2D eigenvalue weighted by Crippen LogP contribution is -2.42. The number of aliphatic carboxylic acids is 1. The van der Waals surface area contributed by atoms with Crippen LogP contribution in [0.25, 0.3) is 0 Å². The normalized spacial score (nSPS) is 34.3. The van der Waals surface area contributed by atoms with Gasteiger partial charge in [0, 0.05) is 19.0 Å². The van der Waals surface area contributed by atoms with Crippen LogP contribution in [-0.2, 0) is 4.79 Å². The number of carboxylic acids is 1. The quantitative estimate of drug-likeness (QED) is 0.788. The van der Waals surface area contributed by atoms with Gasteiger partial charge in [0.25, 0.3) is 0 Å². The minimum Gasteiger partial charge on any atom is -0.480 e. The first-order chi connectivity index (χ1) is 7.74. The Kier molecular flexibility index (Phi) is 3.45. The Morgan fingerprint density at radius 1 is 1.44 bits per heavy atom. The van der Waals surface area contributed by atoms with E-state index in [1.807, 2.05) is 0 Å². The van der Waals surface area contributed by atoms with Gasteiger partial charge in [-0.3, -0.25) is 9.69 Å². The van der Waals surface area contributed by atoms with Gasteiger partial charge in [-0.2, -0.15) is 5.26 Å². The van der Waals surface area contributed by atoms with Crippen molar-refractivity contribution in [2.75, 3.05) is 6.54 Å². The molecule has 1 N–H and O–H groups in total. The molecule has 0 aromatic rings. The van der Waals surface area contributed by atoms with Gasteiger partial charge in [-0.1, -0.05) is 12.8 Å².